The molecule has 1 aliphatic heterocycles. The Hall–Kier alpha value is -1.39. The zero-order chi connectivity index (χ0) is 14.5. The Morgan fingerprint density at radius 1 is 1.15 bits per heavy atom. The second-order valence-corrected chi connectivity index (χ2v) is 6.56. The first kappa shape index (κ1) is 13.6. The van der Waals surface area contributed by atoms with Crippen LogP contribution in [0.1, 0.15) is 38.8 Å². The number of carbonyl (C=O) groups is 1. The van der Waals surface area contributed by atoms with E-state index in [0.29, 0.717) is 6.42 Å². The van der Waals surface area contributed by atoms with Crippen LogP contribution in [0.15, 0.2) is 23.8 Å². The Morgan fingerprint density at radius 3 is 2.40 bits per heavy atom. The molecule has 3 rings (SSSR count). The number of allylic oxidation sites excluding steroid dienone is 1. The fourth-order valence-corrected chi connectivity index (χ4v) is 2.59. The van der Waals surface area contributed by atoms with E-state index in [-0.39, 0.29) is 18.3 Å². The minimum Gasteiger partial charge on any atom is -0.399 e. The fraction of sp³-hybridized carbons (Fsp3) is 0.438. The minimum atomic E-state index is -0.342. The molecule has 2 aliphatic rings. The molecule has 0 bridgehead atoms. The van der Waals surface area contributed by atoms with Gasteiger partial charge in [0.2, 0.25) is 0 Å². The average molecular weight is 270 g/mol. The van der Waals surface area contributed by atoms with E-state index in [4.69, 9.17) is 9.31 Å². The maximum atomic E-state index is 10.9. The molecule has 1 aromatic rings. The van der Waals surface area contributed by atoms with Crippen molar-refractivity contribution in [1.82, 2.24) is 0 Å². The molecule has 4 heteroatoms. The third-order valence-corrected chi connectivity index (χ3v) is 4.58. The molecule has 1 aromatic carbocycles. The highest BCUT2D eigenvalue weighted by Crippen LogP contribution is 2.36. The fourth-order valence-electron chi connectivity index (χ4n) is 2.59. The van der Waals surface area contributed by atoms with E-state index in [2.05, 4.69) is 6.07 Å². The molecule has 20 heavy (non-hydrogen) atoms. The van der Waals surface area contributed by atoms with Gasteiger partial charge in [-0.15, -0.1) is 0 Å². The molecule has 1 heterocycles. The highest BCUT2D eigenvalue weighted by atomic mass is 16.7. The monoisotopic (exact) mass is 270 g/mol. The quantitative estimate of drug-likeness (QED) is 0.610. The molecule has 0 N–H and O–H groups in total. The zero-order valence-corrected chi connectivity index (χ0v) is 12.4. The van der Waals surface area contributed by atoms with Crippen molar-refractivity contribution in [2.45, 2.75) is 45.3 Å². The van der Waals surface area contributed by atoms with Crippen LogP contribution in [0, 0.1) is 0 Å². The van der Waals surface area contributed by atoms with Crippen molar-refractivity contribution in [2.24, 2.45) is 0 Å². The van der Waals surface area contributed by atoms with Gasteiger partial charge in [0.25, 0.3) is 0 Å². The number of carbonyl (C=O) groups excluding carboxylic acids is 1. The lowest BCUT2D eigenvalue weighted by molar-refractivity contribution is -0.104. The molecule has 1 fully saturated rings. The number of fused-ring (bicyclic) bond motifs is 1. The van der Waals surface area contributed by atoms with Gasteiger partial charge in [0.05, 0.1) is 11.2 Å². The van der Waals surface area contributed by atoms with Gasteiger partial charge < -0.3 is 9.31 Å². The van der Waals surface area contributed by atoms with Gasteiger partial charge in [-0.2, -0.15) is 0 Å². The van der Waals surface area contributed by atoms with Crippen LogP contribution in [0.5, 0.6) is 0 Å². The molecule has 0 saturated carbocycles. The summed E-state index contributed by atoms with van der Waals surface area (Å²) >= 11 is 0. The van der Waals surface area contributed by atoms with Crippen LogP contribution in [0.4, 0.5) is 0 Å². The van der Waals surface area contributed by atoms with Gasteiger partial charge in [0.1, 0.15) is 6.29 Å². The smallest absolute Gasteiger partial charge is 0.399 e. The van der Waals surface area contributed by atoms with Crippen molar-refractivity contribution in [1.29, 1.82) is 0 Å². The van der Waals surface area contributed by atoms with Gasteiger partial charge in [-0.3, -0.25) is 4.79 Å². The Morgan fingerprint density at radius 2 is 1.80 bits per heavy atom. The molecule has 1 aliphatic carbocycles. The van der Waals surface area contributed by atoms with Gasteiger partial charge in [0.15, 0.2) is 0 Å². The Bertz CT molecular complexity index is 586. The summed E-state index contributed by atoms with van der Waals surface area (Å²) in [6, 6.07) is 6.14. The lowest BCUT2D eigenvalue weighted by Crippen LogP contribution is -2.41. The van der Waals surface area contributed by atoms with Gasteiger partial charge >= 0.3 is 7.12 Å². The summed E-state index contributed by atoms with van der Waals surface area (Å²) in [5, 5.41) is 0. The van der Waals surface area contributed by atoms with E-state index >= 15 is 0 Å². The van der Waals surface area contributed by atoms with Crippen molar-refractivity contribution in [3.63, 3.8) is 0 Å². The van der Waals surface area contributed by atoms with Gasteiger partial charge in [-0.1, -0.05) is 18.2 Å². The number of hydrogen-bond acceptors (Lipinski definition) is 3. The first-order chi connectivity index (χ1) is 9.32. The van der Waals surface area contributed by atoms with E-state index < -0.39 is 0 Å². The van der Waals surface area contributed by atoms with E-state index in [0.717, 1.165) is 22.9 Å². The van der Waals surface area contributed by atoms with Crippen LogP contribution in [0.25, 0.3) is 6.08 Å². The van der Waals surface area contributed by atoms with Crippen molar-refractivity contribution in [2.75, 3.05) is 0 Å². The summed E-state index contributed by atoms with van der Waals surface area (Å²) in [4.78, 5) is 10.9. The first-order valence-electron chi connectivity index (χ1n) is 6.97. The van der Waals surface area contributed by atoms with Crippen molar-refractivity contribution in [3.8, 4) is 0 Å². The molecule has 0 amide bonds. The number of aldehydes is 1. The predicted molar refractivity (Wildman–Crippen MR) is 79.9 cm³/mol. The van der Waals surface area contributed by atoms with Crippen LogP contribution < -0.4 is 5.46 Å². The summed E-state index contributed by atoms with van der Waals surface area (Å²) < 4.78 is 12.1. The Labute approximate surface area is 120 Å². The van der Waals surface area contributed by atoms with E-state index in [9.17, 15) is 4.79 Å². The second-order valence-electron chi connectivity index (χ2n) is 6.56. The maximum absolute atomic E-state index is 10.9. The van der Waals surface area contributed by atoms with Crippen LogP contribution in [0.3, 0.4) is 0 Å². The normalized spacial score (nSPS) is 22.6. The summed E-state index contributed by atoms with van der Waals surface area (Å²) in [6.45, 7) is 8.19. The largest absolute Gasteiger partial charge is 0.494 e. The highest BCUT2D eigenvalue weighted by molar-refractivity contribution is 6.62. The summed E-state index contributed by atoms with van der Waals surface area (Å²) in [5.74, 6) is 0. The van der Waals surface area contributed by atoms with Crippen molar-refractivity contribution < 1.29 is 14.1 Å². The average Bonchev–Trinajstić information content (AvgIpc) is 2.87. The lowest BCUT2D eigenvalue weighted by Gasteiger charge is -2.32. The molecular formula is C16H19BO3. The van der Waals surface area contributed by atoms with Crippen LogP contribution in [0.2, 0.25) is 0 Å². The topological polar surface area (TPSA) is 35.5 Å². The first-order valence-corrected chi connectivity index (χ1v) is 6.97. The van der Waals surface area contributed by atoms with E-state index in [1.165, 1.54) is 5.56 Å². The SMILES string of the molecule is CC1(C)OB(c2ccc3c(c2)CC(C=O)=C3)OC1(C)C. The highest BCUT2D eigenvalue weighted by Gasteiger charge is 2.51. The molecule has 0 atom stereocenters. The second kappa shape index (κ2) is 4.30. The molecular weight excluding hydrogens is 251 g/mol. The van der Waals surface area contributed by atoms with Crippen molar-refractivity contribution in [3.05, 3.63) is 34.9 Å². The predicted octanol–water partition coefficient (Wildman–Crippen LogP) is 2.12. The van der Waals surface area contributed by atoms with Gasteiger partial charge in [-0.05, 0) is 55.9 Å². The van der Waals surface area contributed by atoms with Crippen molar-refractivity contribution >= 4 is 24.9 Å². The van der Waals surface area contributed by atoms with Gasteiger partial charge in [-0.25, -0.2) is 0 Å². The Balaban J connectivity index is 1.87. The molecule has 0 unspecified atom stereocenters. The standard InChI is InChI=1S/C16H19BO3/c1-15(2)16(3,4)20-17(19-15)14-6-5-12-7-11(10-18)8-13(12)9-14/h5-7,9-10H,8H2,1-4H3. The Kier molecular flexibility index (Phi) is 2.92. The molecule has 1 saturated heterocycles. The molecule has 104 valence electrons. The van der Waals surface area contributed by atoms with Crippen LogP contribution in [-0.2, 0) is 20.5 Å². The van der Waals surface area contributed by atoms with E-state index in [1.54, 1.807) is 0 Å². The molecule has 0 spiro atoms. The number of benzene rings is 1. The maximum Gasteiger partial charge on any atom is 0.494 e. The van der Waals surface area contributed by atoms with Gasteiger partial charge in [0, 0.05) is 6.42 Å². The lowest BCUT2D eigenvalue weighted by atomic mass is 9.78. The third kappa shape index (κ3) is 2.04. The summed E-state index contributed by atoms with van der Waals surface area (Å²) in [7, 11) is -0.342. The summed E-state index contributed by atoms with van der Waals surface area (Å²) in [6.07, 6.45) is 3.57. The number of rotatable bonds is 2. The minimum absolute atomic E-state index is 0.330. The zero-order valence-electron chi connectivity index (χ0n) is 12.4. The summed E-state index contributed by atoms with van der Waals surface area (Å²) in [5.41, 5.74) is 3.46. The third-order valence-electron chi connectivity index (χ3n) is 4.58. The number of hydrogen-bond donors (Lipinski definition) is 0. The molecule has 0 radical (unpaired) electrons. The molecule has 0 aromatic heterocycles. The molecule has 3 nitrogen and oxygen atoms in total. The van der Waals surface area contributed by atoms with E-state index in [1.807, 2.05) is 45.9 Å². The van der Waals surface area contributed by atoms with Crippen LogP contribution >= 0.6 is 0 Å². The van der Waals surface area contributed by atoms with Crippen LogP contribution in [-0.4, -0.2) is 24.6 Å².